The minimum absolute atomic E-state index is 0.0300. The van der Waals surface area contributed by atoms with Crippen molar-refractivity contribution in [1.82, 2.24) is 0 Å². The van der Waals surface area contributed by atoms with Crippen molar-refractivity contribution in [3.63, 3.8) is 0 Å². The van der Waals surface area contributed by atoms with Crippen LogP contribution in [0.4, 0.5) is 0 Å². The van der Waals surface area contributed by atoms with Crippen LogP contribution in [0.3, 0.4) is 0 Å². The van der Waals surface area contributed by atoms with Crippen LogP contribution in [-0.4, -0.2) is 18.1 Å². The van der Waals surface area contributed by atoms with E-state index in [4.69, 9.17) is 10.5 Å². The Kier molecular flexibility index (Phi) is 3.76. The minimum atomic E-state index is -0.108. The van der Waals surface area contributed by atoms with Gasteiger partial charge < -0.3 is 10.5 Å². The molecule has 1 saturated heterocycles. The van der Waals surface area contributed by atoms with E-state index in [0.717, 1.165) is 12.3 Å². The fourth-order valence-corrected chi connectivity index (χ4v) is 3.65. The number of rotatable bonds is 2. The summed E-state index contributed by atoms with van der Waals surface area (Å²) in [5.41, 5.74) is 6.06. The van der Waals surface area contributed by atoms with Crippen LogP contribution >= 0.6 is 0 Å². The molecule has 0 bridgehead atoms. The van der Waals surface area contributed by atoms with E-state index < -0.39 is 0 Å². The standard InChI is InChI=1S/C14H25NO2/c1-8(2)10-5-4-9(3)6-11(10)14-12(15)7-13(16)17-14/h8-12,14H,4-7,15H2,1-3H3. The SMILES string of the molecule is CC1CCC(C(C)C)C(C2OC(=O)CC2N)C1. The van der Waals surface area contributed by atoms with Gasteiger partial charge in [0, 0.05) is 5.92 Å². The van der Waals surface area contributed by atoms with Crippen LogP contribution in [0.15, 0.2) is 0 Å². The number of hydrogen-bond acceptors (Lipinski definition) is 3. The van der Waals surface area contributed by atoms with Crippen LogP contribution in [0.2, 0.25) is 0 Å². The van der Waals surface area contributed by atoms with E-state index in [0.29, 0.717) is 24.2 Å². The highest BCUT2D eigenvalue weighted by molar-refractivity contribution is 5.72. The fourth-order valence-electron chi connectivity index (χ4n) is 3.65. The molecule has 1 aliphatic heterocycles. The van der Waals surface area contributed by atoms with Crippen LogP contribution in [0.5, 0.6) is 0 Å². The number of carbonyl (C=O) groups excluding carboxylic acids is 1. The normalized spacial score (nSPS) is 42.9. The molecule has 2 N–H and O–H groups in total. The third kappa shape index (κ3) is 2.65. The summed E-state index contributed by atoms with van der Waals surface area (Å²) in [5, 5.41) is 0. The highest BCUT2D eigenvalue weighted by Gasteiger charge is 2.44. The first-order valence-electron chi connectivity index (χ1n) is 6.94. The molecule has 2 fully saturated rings. The van der Waals surface area contributed by atoms with Crippen molar-refractivity contribution >= 4 is 5.97 Å². The maximum atomic E-state index is 11.4. The van der Waals surface area contributed by atoms with Crippen LogP contribution < -0.4 is 5.73 Å². The van der Waals surface area contributed by atoms with Gasteiger partial charge in [-0.1, -0.05) is 27.2 Å². The zero-order chi connectivity index (χ0) is 12.6. The molecule has 3 heteroatoms. The number of carbonyl (C=O) groups is 1. The lowest BCUT2D eigenvalue weighted by Gasteiger charge is -2.40. The van der Waals surface area contributed by atoms with Crippen LogP contribution in [0.1, 0.15) is 46.5 Å². The van der Waals surface area contributed by atoms with Crippen molar-refractivity contribution < 1.29 is 9.53 Å². The maximum Gasteiger partial charge on any atom is 0.307 e. The first-order valence-corrected chi connectivity index (χ1v) is 6.94. The molecule has 0 aromatic rings. The van der Waals surface area contributed by atoms with E-state index in [-0.39, 0.29) is 18.1 Å². The van der Waals surface area contributed by atoms with Crippen molar-refractivity contribution in [2.75, 3.05) is 0 Å². The molecule has 0 aromatic heterocycles. The molecule has 1 heterocycles. The number of cyclic esters (lactones) is 1. The Morgan fingerprint density at radius 1 is 1.35 bits per heavy atom. The lowest BCUT2D eigenvalue weighted by molar-refractivity contribution is -0.145. The molecule has 1 aliphatic carbocycles. The highest BCUT2D eigenvalue weighted by Crippen LogP contribution is 2.42. The Morgan fingerprint density at radius 2 is 2.06 bits per heavy atom. The van der Waals surface area contributed by atoms with Gasteiger partial charge in [-0.3, -0.25) is 4.79 Å². The predicted octanol–water partition coefficient (Wildman–Crippen LogP) is 2.34. The van der Waals surface area contributed by atoms with Crippen LogP contribution in [-0.2, 0) is 9.53 Å². The predicted molar refractivity (Wildman–Crippen MR) is 67.3 cm³/mol. The van der Waals surface area contributed by atoms with Crippen LogP contribution in [0, 0.1) is 23.7 Å². The molecule has 5 unspecified atom stereocenters. The summed E-state index contributed by atoms with van der Waals surface area (Å²) in [4.78, 5) is 11.4. The highest BCUT2D eigenvalue weighted by atomic mass is 16.6. The van der Waals surface area contributed by atoms with Crippen LogP contribution in [0.25, 0.3) is 0 Å². The molecule has 1 saturated carbocycles. The minimum Gasteiger partial charge on any atom is -0.460 e. The molecule has 98 valence electrons. The Balaban J connectivity index is 2.11. The summed E-state index contributed by atoms with van der Waals surface area (Å²) in [7, 11) is 0. The average molecular weight is 239 g/mol. The summed E-state index contributed by atoms with van der Waals surface area (Å²) in [6.45, 7) is 6.84. The van der Waals surface area contributed by atoms with Crippen molar-refractivity contribution in [2.45, 2.75) is 58.6 Å². The van der Waals surface area contributed by atoms with E-state index in [2.05, 4.69) is 20.8 Å². The summed E-state index contributed by atoms with van der Waals surface area (Å²) >= 11 is 0. The van der Waals surface area contributed by atoms with Crippen molar-refractivity contribution in [3.05, 3.63) is 0 Å². The average Bonchev–Trinajstić information content (AvgIpc) is 2.57. The number of ether oxygens (including phenoxy) is 1. The molecule has 0 spiro atoms. The monoisotopic (exact) mass is 239 g/mol. The van der Waals surface area contributed by atoms with Gasteiger partial charge in [0.15, 0.2) is 0 Å². The molecule has 2 aliphatic rings. The lowest BCUT2D eigenvalue weighted by atomic mass is 9.67. The quantitative estimate of drug-likeness (QED) is 0.752. The molecule has 3 nitrogen and oxygen atoms in total. The molecule has 0 radical (unpaired) electrons. The summed E-state index contributed by atoms with van der Waals surface area (Å²) in [6, 6.07) is -0.0842. The third-order valence-corrected chi connectivity index (χ3v) is 4.59. The number of hydrogen-bond donors (Lipinski definition) is 1. The van der Waals surface area contributed by atoms with Gasteiger partial charge in [0.05, 0.1) is 12.5 Å². The smallest absolute Gasteiger partial charge is 0.307 e. The Bertz CT molecular complexity index is 290. The second kappa shape index (κ2) is 4.97. The first kappa shape index (κ1) is 12.9. The zero-order valence-electron chi connectivity index (χ0n) is 11.2. The van der Waals surface area contributed by atoms with Crippen molar-refractivity contribution in [2.24, 2.45) is 29.4 Å². The molecule has 0 aromatic carbocycles. The summed E-state index contributed by atoms with van der Waals surface area (Å²) < 4.78 is 5.48. The fraction of sp³-hybridized carbons (Fsp3) is 0.929. The maximum absolute atomic E-state index is 11.4. The van der Waals surface area contributed by atoms with Gasteiger partial charge in [-0.15, -0.1) is 0 Å². The Morgan fingerprint density at radius 3 is 2.59 bits per heavy atom. The summed E-state index contributed by atoms with van der Waals surface area (Å²) in [5.74, 6) is 2.41. The molecule has 2 rings (SSSR count). The Labute approximate surface area is 104 Å². The van der Waals surface area contributed by atoms with Gasteiger partial charge in [0.25, 0.3) is 0 Å². The van der Waals surface area contributed by atoms with Gasteiger partial charge in [-0.25, -0.2) is 0 Å². The molecule has 0 amide bonds. The number of esters is 1. The molecular formula is C14H25NO2. The van der Waals surface area contributed by atoms with Gasteiger partial charge >= 0.3 is 5.97 Å². The Hall–Kier alpha value is -0.570. The molecule has 5 atom stereocenters. The lowest BCUT2D eigenvalue weighted by Crippen LogP contribution is -2.43. The molecule has 17 heavy (non-hydrogen) atoms. The van der Waals surface area contributed by atoms with E-state index in [1.807, 2.05) is 0 Å². The second-order valence-corrected chi connectivity index (χ2v) is 6.31. The van der Waals surface area contributed by atoms with E-state index in [1.165, 1.54) is 12.8 Å². The van der Waals surface area contributed by atoms with Gasteiger partial charge in [0.1, 0.15) is 6.10 Å². The largest absolute Gasteiger partial charge is 0.460 e. The third-order valence-electron chi connectivity index (χ3n) is 4.59. The summed E-state index contributed by atoms with van der Waals surface area (Å²) in [6.07, 6.45) is 4.09. The molecular weight excluding hydrogens is 214 g/mol. The van der Waals surface area contributed by atoms with Gasteiger partial charge in [-0.2, -0.15) is 0 Å². The van der Waals surface area contributed by atoms with Gasteiger partial charge in [-0.05, 0) is 30.6 Å². The number of nitrogens with two attached hydrogens (primary N) is 1. The second-order valence-electron chi connectivity index (χ2n) is 6.31. The van der Waals surface area contributed by atoms with E-state index in [9.17, 15) is 4.79 Å². The first-order chi connectivity index (χ1) is 7.99. The zero-order valence-corrected chi connectivity index (χ0v) is 11.2. The topological polar surface area (TPSA) is 52.3 Å². The van der Waals surface area contributed by atoms with Crippen molar-refractivity contribution in [3.8, 4) is 0 Å². The van der Waals surface area contributed by atoms with Gasteiger partial charge in [0.2, 0.25) is 0 Å². The van der Waals surface area contributed by atoms with E-state index >= 15 is 0 Å². The van der Waals surface area contributed by atoms with Crippen molar-refractivity contribution in [1.29, 1.82) is 0 Å². The van der Waals surface area contributed by atoms with E-state index in [1.54, 1.807) is 0 Å².